The molecule has 2 aromatic carbocycles. The van der Waals surface area contributed by atoms with Crippen molar-refractivity contribution in [3.8, 4) is 23.0 Å². The van der Waals surface area contributed by atoms with Gasteiger partial charge in [0.2, 0.25) is 0 Å². The highest BCUT2D eigenvalue weighted by atomic mass is 16.6. The van der Waals surface area contributed by atoms with Crippen LogP contribution in [0, 0.1) is 0 Å². The first-order valence-electron chi connectivity index (χ1n) is 13.8. The van der Waals surface area contributed by atoms with Crippen molar-refractivity contribution in [2.75, 3.05) is 40.1 Å². The maximum atomic E-state index is 12.6. The number of esters is 2. The highest BCUT2D eigenvalue weighted by Gasteiger charge is 2.32. The number of carbonyl (C=O) groups is 4. The van der Waals surface area contributed by atoms with Crippen LogP contribution in [0.15, 0.2) is 52.8 Å². The van der Waals surface area contributed by atoms with Gasteiger partial charge in [-0.2, -0.15) is 5.10 Å². The number of hydrogen-bond acceptors (Lipinski definition) is 11. The lowest BCUT2D eigenvalue weighted by molar-refractivity contribution is -0.145. The van der Waals surface area contributed by atoms with E-state index in [0.717, 1.165) is 0 Å². The molecule has 3 amide bonds. The Bertz CT molecular complexity index is 1420. The van der Waals surface area contributed by atoms with Crippen molar-refractivity contribution in [1.29, 1.82) is 0 Å². The maximum absolute atomic E-state index is 12.6. The van der Waals surface area contributed by atoms with E-state index in [-0.39, 0.29) is 43.5 Å². The highest BCUT2D eigenvalue weighted by molar-refractivity contribution is 5.95. The molecule has 0 radical (unpaired) electrons. The van der Waals surface area contributed by atoms with Gasteiger partial charge in [-0.3, -0.25) is 4.79 Å². The van der Waals surface area contributed by atoms with Crippen molar-refractivity contribution < 1.29 is 47.6 Å². The van der Waals surface area contributed by atoms with Crippen molar-refractivity contribution in [2.45, 2.75) is 33.7 Å². The van der Waals surface area contributed by atoms with E-state index in [4.69, 9.17) is 28.4 Å². The van der Waals surface area contributed by atoms with Crippen molar-refractivity contribution in [3.63, 3.8) is 0 Å². The number of hydrazone groups is 1. The summed E-state index contributed by atoms with van der Waals surface area (Å²) in [4.78, 5) is 48.7. The lowest BCUT2D eigenvalue weighted by Gasteiger charge is -2.28. The molecule has 0 saturated carbocycles. The number of urea groups is 1. The Labute approximate surface area is 254 Å². The average molecular weight is 613 g/mol. The van der Waals surface area contributed by atoms with Gasteiger partial charge in [-0.1, -0.05) is 6.07 Å². The third-order valence-corrected chi connectivity index (χ3v) is 5.97. The lowest BCUT2D eigenvalue weighted by Crippen LogP contribution is -2.45. The summed E-state index contributed by atoms with van der Waals surface area (Å²) in [5.41, 5.74) is 4.16. The molecule has 236 valence electrons. The van der Waals surface area contributed by atoms with Gasteiger partial charge in [-0.05, 0) is 69.2 Å². The van der Waals surface area contributed by atoms with Gasteiger partial charge in [0.05, 0.1) is 44.8 Å². The van der Waals surface area contributed by atoms with Crippen LogP contribution in [0.4, 0.5) is 4.79 Å². The van der Waals surface area contributed by atoms with Crippen molar-refractivity contribution in [1.82, 2.24) is 16.1 Å². The number of carbonyl (C=O) groups excluding carboxylic acids is 4. The summed E-state index contributed by atoms with van der Waals surface area (Å²) in [6.45, 7) is 6.97. The first-order valence-corrected chi connectivity index (χ1v) is 13.8. The number of hydrogen-bond donors (Lipinski definition) is 3. The minimum absolute atomic E-state index is 0.173. The fourth-order valence-corrected chi connectivity index (χ4v) is 4.09. The van der Waals surface area contributed by atoms with Crippen LogP contribution in [0.2, 0.25) is 0 Å². The molecule has 0 aliphatic carbocycles. The second-order valence-corrected chi connectivity index (χ2v) is 9.02. The Hall–Kier alpha value is -5.27. The molecule has 3 N–H and O–H groups in total. The fourth-order valence-electron chi connectivity index (χ4n) is 4.09. The van der Waals surface area contributed by atoms with E-state index in [9.17, 15) is 19.2 Å². The molecule has 14 nitrogen and oxygen atoms in total. The third-order valence-electron chi connectivity index (χ3n) is 5.97. The molecule has 1 aliphatic rings. The third kappa shape index (κ3) is 9.11. The predicted octanol–water partition coefficient (Wildman–Crippen LogP) is 2.76. The Morgan fingerprint density at radius 1 is 0.886 bits per heavy atom. The van der Waals surface area contributed by atoms with Crippen LogP contribution in [-0.2, 0) is 23.9 Å². The molecule has 0 unspecified atom stereocenters. The molecule has 1 atom stereocenters. The van der Waals surface area contributed by atoms with Crippen LogP contribution >= 0.6 is 0 Å². The monoisotopic (exact) mass is 612 g/mol. The summed E-state index contributed by atoms with van der Waals surface area (Å²) in [6.07, 6.45) is 1.41. The quantitative estimate of drug-likeness (QED) is 0.154. The number of nitrogens with one attached hydrogen (secondary N) is 3. The highest BCUT2D eigenvalue weighted by Crippen LogP contribution is 2.34. The molecule has 44 heavy (non-hydrogen) atoms. The number of benzene rings is 2. The molecule has 0 saturated heterocycles. The Morgan fingerprint density at radius 3 is 2.30 bits per heavy atom. The van der Waals surface area contributed by atoms with E-state index in [2.05, 4.69) is 21.2 Å². The zero-order valence-corrected chi connectivity index (χ0v) is 25.2. The standard InChI is InChI=1S/C30H36N4O10/c1-6-40-24-13-19(9-11-22(24)44-17-26(36)41-7-2)15-31-34-25(35)16-43-21-12-10-20(14-23(21)39-5)28-27(29(37)42-8-3)18(4)32-30(38)33-28/h9-15,28H,6-8,16-17H2,1-5H3,(H,34,35)(H2,32,33,38)/b31-15-/t28-/m0/s1. The average Bonchev–Trinajstić information content (AvgIpc) is 2.99. The van der Waals surface area contributed by atoms with E-state index in [1.807, 2.05) is 6.92 Å². The zero-order valence-electron chi connectivity index (χ0n) is 25.2. The zero-order chi connectivity index (χ0) is 32.1. The Morgan fingerprint density at radius 2 is 1.59 bits per heavy atom. The van der Waals surface area contributed by atoms with E-state index < -0.39 is 29.9 Å². The summed E-state index contributed by atoms with van der Waals surface area (Å²) < 4.78 is 32.2. The van der Waals surface area contributed by atoms with E-state index in [1.54, 1.807) is 57.2 Å². The molecule has 1 heterocycles. The summed E-state index contributed by atoms with van der Waals surface area (Å²) in [5.74, 6) is -0.304. The van der Waals surface area contributed by atoms with E-state index in [0.29, 0.717) is 34.9 Å². The van der Waals surface area contributed by atoms with Crippen LogP contribution in [0.5, 0.6) is 23.0 Å². The topological polar surface area (TPSA) is 172 Å². The second-order valence-electron chi connectivity index (χ2n) is 9.02. The van der Waals surface area contributed by atoms with Gasteiger partial charge < -0.3 is 39.1 Å². The van der Waals surface area contributed by atoms with E-state index >= 15 is 0 Å². The fraction of sp³-hybridized carbons (Fsp3) is 0.367. The van der Waals surface area contributed by atoms with Gasteiger partial charge in [0, 0.05) is 5.70 Å². The normalized spacial score (nSPS) is 14.3. The lowest BCUT2D eigenvalue weighted by atomic mass is 9.95. The van der Waals surface area contributed by atoms with Gasteiger partial charge >= 0.3 is 18.0 Å². The molecular weight excluding hydrogens is 576 g/mol. The molecule has 14 heteroatoms. The summed E-state index contributed by atoms with van der Waals surface area (Å²) in [5, 5.41) is 9.26. The Kier molecular flexibility index (Phi) is 12.4. The molecule has 0 spiro atoms. The number of amides is 3. The Balaban J connectivity index is 1.63. The number of nitrogens with zero attached hydrogens (tertiary/aromatic N) is 1. The van der Waals surface area contributed by atoms with Crippen LogP contribution in [0.1, 0.15) is 44.9 Å². The number of rotatable bonds is 15. The number of methoxy groups -OCH3 is 1. The van der Waals surface area contributed by atoms with Crippen LogP contribution < -0.4 is 35.0 Å². The molecular formula is C30H36N4O10. The number of allylic oxidation sites excluding steroid dienone is 1. The predicted molar refractivity (Wildman–Crippen MR) is 158 cm³/mol. The SMILES string of the molecule is CCOC(=O)COc1ccc(/C=N\NC(=O)COc2ccc([C@@H]3NC(=O)NC(C)=C3C(=O)OCC)cc2OC)cc1OCC. The van der Waals surface area contributed by atoms with Crippen molar-refractivity contribution in [3.05, 3.63) is 58.8 Å². The van der Waals surface area contributed by atoms with E-state index in [1.165, 1.54) is 13.3 Å². The molecule has 3 rings (SSSR count). The maximum Gasteiger partial charge on any atom is 0.344 e. The second kappa shape index (κ2) is 16.4. The number of ether oxygens (including phenoxy) is 6. The minimum atomic E-state index is -0.787. The largest absolute Gasteiger partial charge is 0.493 e. The molecule has 0 aromatic heterocycles. The molecule has 1 aliphatic heterocycles. The first-order chi connectivity index (χ1) is 21.2. The van der Waals surface area contributed by atoms with Gasteiger partial charge in [-0.25, -0.2) is 19.8 Å². The van der Waals surface area contributed by atoms with Gasteiger partial charge in [0.25, 0.3) is 5.91 Å². The van der Waals surface area contributed by atoms with Crippen LogP contribution in [-0.4, -0.2) is 70.2 Å². The molecule has 0 fully saturated rings. The van der Waals surface area contributed by atoms with Gasteiger partial charge in [0.15, 0.2) is 36.2 Å². The molecule has 0 bridgehead atoms. The van der Waals surface area contributed by atoms with Gasteiger partial charge in [-0.15, -0.1) is 0 Å². The summed E-state index contributed by atoms with van der Waals surface area (Å²) in [7, 11) is 1.42. The minimum Gasteiger partial charge on any atom is -0.493 e. The summed E-state index contributed by atoms with van der Waals surface area (Å²) >= 11 is 0. The van der Waals surface area contributed by atoms with Crippen LogP contribution in [0.3, 0.4) is 0 Å². The van der Waals surface area contributed by atoms with Crippen molar-refractivity contribution in [2.24, 2.45) is 5.10 Å². The smallest absolute Gasteiger partial charge is 0.344 e. The first kappa shape index (κ1) is 33.2. The van der Waals surface area contributed by atoms with Crippen LogP contribution in [0.25, 0.3) is 0 Å². The molecule has 2 aromatic rings. The van der Waals surface area contributed by atoms with Crippen molar-refractivity contribution >= 4 is 30.1 Å². The summed E-state index contributed by atoms with van der Waals surface area (Å²) in [6, 6.07) is 8.51. The van der Waals surface area contributed by atoms with Gasteiger partial charge in [0.1, 0.15) is 0 Å².